The lowest BCUT2D eigenvalue weighted by molar-refractivity contribution is -0.114. The molecule has 0 aliphatic carbocycles. The summed E-state index contributed by atoms with van der Waals surface area (Å²) in [5.74, 6) is 1.78. The van der Waals surface area contributed by atoms with Gasteiger partial charge >= 0.3 is 0 Å². The number of hydrogen-bond donors (Lipinski definition) is 2. The molecule has 2 aromatic heterocycles. The quantitative estimate of drug-likeness (QED) is 0.212. The highest BCUT2D eigenvalue weighted by atomic mass is 32.2. The average molecular weight is 641 g/mol. The second kappa shape index (κ2) is 13.8. The number of fused-ring (bicyclic) bond motifs is 1. The number of likely N-dealkylation sites (N-methyl/N-ethyl adjacent to an activating group) is 1. The molecule has 14 heteroatoms. The van der Waals surface area contributed by atoms with E-state index in [4.69, 9.17) is 14.2 Å². The SMILES string of the molecule is COc1cc2c(Oc3cccc(NS(=O)(=O)c4sc(NC(C)=O)nc4C)c3)ccnc2cc1OCCCN1CCN(C)CC1. The molecule has 2 aromatic carbocycles. The molecule has 1 fully saturated rings. The highest BCUT2D eigenvalue weighted by Gasteiger charge is 2.23. The average Bonchev–Trinajstić information content (AvgIpc) is 3.36. The summed E-state index contributed by atoms with van der Waals surface area (Å²) >= 11 is 0.882. The third kappa shape index (κ3) is 7.75. The minimum Gasteiger partial charge on any atom is -0.493 e. The zero-order valence-corrected chi connectivity index (χ0v) is 26.8. The topological polar surface area (TPSA) is 135 Å². The van der Waals surface area contributed by atoms with Crippen molar-refractivity contribution in [1.29, 1.82) is 0 Å². The summed E-state index contributed by atoms with van der Waals surface area (Å²) in [7, 11) is -0.220. The predicted molar refractivity (Wildman–Crippen MR) is 171 cm³/mol. The number of nitrogens with one attached hydrogen (secondary N) is 2. The maximum absolute atomic E-state index is 13.1. The minimum absolute atomic E-state index is 0.0112. The lowest BCUT2D eigenvalue weighted by atomic mass is 10.1. The van der Waals surface area contributed by atoms with Gasteiger partial charge in [0.2, 0.25) is 5.91 Å². The number of aromatic nitrogens is 2. The largest absolute Gasteiger partial charge is 0.493 e. The molecule has 0 unspecified atom stereocenters. The Morgan fingerprint density at radius 1 is 1.07 bits per heavy atom. The highest BCUT2D eigenvalue weighted by Crippen LogP contribution is 2.38. The van der Waals surface area contributed by atoms with Crippen LogP contribution >= 0.6 is 11.3 Å². The molecule has 3 heterocycles. The number of benzene rings is 2. The molecular weight excluding hydrogens is 605 g/mol. The van der Waals surface area contributed by atoms with Gasteiger partial charge in [0, 0.05) is 63.4 Å². The van der Waals surface area contributed by atoms with Crippen molar-refractivity contribution in [3.8, 4) is 23.0 Å². The summed E-state index contributed by atoms with van der Waals surface area (Å²) in [4.78, 5) is 24.8. The maximum atomic E-state index is 13.1. The van der Waals surface area contributed by atoms with Gasteiger partial charge in [0.1, 0.15) is 11.5 Å². The molecule has 1 aliphatic heterocycles. The van der Waals surface area contributed by atoms with Crippen molar-refractivity contribution in [2.75, 3.05) is 63.5 Å². The fraction of sp³-hybridized carbons (Fsp3) is 0.367. The van der Waals surface area contributed by atoms with Gasteiger partial charge in [-0.1, -0.05) is 17.4 Å². The molecule has 5 rings (SSSR count). The van der Waals surface area contributed by atoms with Crippen molar-refractivity contribution in [3.63, 3.8) is 0 Å². The van der Waals surface area contributed by atoms with Crippen LogP contribution < -0.4 is 24.2 Å². The van der Waals surface area contributed by atoms with E-state index < -0.39 is 10.0 Å². The van der Waals surface area contributed by atoms with E-state index in [1.807, 2.05) is 12.1 Å². The Morgan fingerprint density at radius 2 is 1.86 bits per heavy atom. The lowest BCUT2D eigenvalue weighted by Gasteiger charge is -2.32. The molecule has 234 valence electrons. The Kier molecular flexibility index (Phi) is 9.84. The van der Waals surface area contributed by atoms with Crippen LogP contribution in [0.4, 0.5) is 10.8 Å². The van der Waals surface area contributed by atoms with Gasteiger partial charge in [-0.05, 0) is 44.7 Å². The van der Waals surface area contributed by atoms with Gasteiger partial charge in [0.05, 0.1) is 30.6 Å². The van der Waals surface area contributed by atoms with Gasteiger partial charge in [0.15, 0.2) is 20.8 Å². The fourth-order valence-corrected chi connectivity index (χ4v) is 7.33. The number of rotatable bonds is 12. The van der Waals surface area contributed by atoms with Crippen molar-refractivity contribution in [3.05, 3.63) is 54.4 Å². The number of amides is 1. The third-order valence-electron chi connectivity index (χ3n) is 7.05. The Labute approximate surface area is 261 Å². The maximum Gasteiger partial charge on any atom is 0.273 e. The van der Waals surface area contributed by atoms with E-state index in [2.05, 4.69) is 36.9 Å². The second-order valence-electron chi connectivity index (χ2n) is 10.5. The molecule has 0 saturated carbocycles. The predicted octanol–water partition coefficient (Wildman–Crippen LogP) is 4.58. The fourth-order valence-electron chi connectivity index (χ4n) is 4.82. The van der Waals surface area contributed by atoms with Crippen LogP contribution in [-0.4, -0.2) is 87.6 Å². The van der Waals surface area contributed by atoms with E-state index in [1.165, 1.54) is 6.92 Å². The molecule has 0 radical (unpaired) electrons. The number of hydrogen-bond acceptors (Lipinski definition) is 11. The van der Waals surface area contributed by atoms with Gasteiger partial charge < -0.3 is 29.3 Å². The summed E-state index contributed by atoms with van der Waals surface area (Å²) in [6, 6.07) is 12.0. The first kappa shape index (κ1) is 31.4. The lowest BCUT2D eigenvalue weighted by Crippen LogP contribution is -2.44. The smallest absolute Gasteiger partial charge is 0.273 e. The van der Waals surface area contributed by atoms with Crippen LogP contribution in [0.3, 0.4) is 0 Å². The Morgan fingerprint density at radius 3 is 2.61 bits per heavy atom. The molecule has 0 atom stereocenters. The van der Waals surface area contributed by atoms with Gasteiger partial charge in [-0.15, -0.1) is 0 Å². The molecule has 2 N–H and O–H groups in total. The number of carbonyl (C=O) groups is 1. The van der Waals surface area contributed by atoms with E-state index in [9.17, 15) is 13.2 Å². The summed E-state index contributed by atoms with van der Waals surface area (Å²) < 4.78 is 46.8. The van der Waals surface area contributed by atoms with Crippen LogP contribution in [0.1, 0.15) is 19.0 Å². The van der Waals surface area contributed by atoms with E-state index in [-0.39, 0.29) is 20.9 Å². The van der Waals surface area contributed by atoms with Crippen LogP contribution in [-0.2, 0) is 14.8 Å². The van der Waals surface area contributed by atoms with Crippen LogP contribution in [0.15, 0.2) is 52.9 Å². The van der Waals surface area contributed by atoms with Crippen molar-refractivity contribution in [2.24, 2.45) is 0 Å². The van der Waals surface area contributed by atoms with E-state index >= 15 is 0 Å². The zero-order chi connectivity index (χ0) is 31.3. The number of thiazole rings is 1. The van der Waals surface area contributed by atoms with Gasteiger partial charge in [0.25, 0.3) is 10.0 Å². The molecule has 12 nitrogen and oxygen atoms in total. The molecular formula is C30H36N6O6S2. The Hall–Kier alpha value is -3.98. The number of aryl methyl sites for hydroxylation is 1. The van der Waals surface area contributed by atoms with Crippen LogP contribution in [0.2, 0.25) is 0 Å². The van der Waals surface area contributed by atoms with E-state index in [0.717, 1.165) is 50.5 Å². The highest BCUT2D eigenvalue weighted by molar-refractivity contribution is 7.94. The number of anilines is 2. The van der Waals surface area contributed by atoms with E-state index in [1.54, 1.807) is 50.6 Å². The molecule has 0 bridgehead atoms. The van der Waals surface area contributed by atoms with Gasteiger partial charge in [-0.2, -0.15) is 0 Å². The molecule has 4 aromatic rings. The number of sulfonamides is 1. The summed E-state index contributed by atoms with van der Waals surface area (Å²) in [5.41, 5.74) is 1.26. The third-order valence-corrected chi connectivity index (χ3v) is 10.1. The Bertz CT molecular complexity index is 1740. The minimum atomic E-state index is -3.96. The van der Waals surface area contributed by atoms with Crippen LogP contribution in [0.25, 0.3) is 10.9 Å². The van der Waals surface area contributed by atoms with Crippen LogP contribution in [0, 0.1) is 6.92 Å². The number of carbonyl (C=O) groups excluding carboxylic acids is 1. The number of methoxy groups -OCH3 is 1. The van der Waals surface area contributed by atoms with E-state index in [0.29, 0.717) is 46.2 Å². The van der Waals surface area contributed by atoms with Gasteiger partial charge in [-0.3, -0.25) is 14.5 Å². The van der Waals surface area contributed by atoms with Gasteiger partial charge in [-0.25, -0.2) is 13.4 Å². The second-order valence-corrected chi connectivity index (χ2v) is 13.4. The first-order chi connectivity index (χ1) is 21.1. The standard InChI is InChI=1S/C30H36N6O6S2/c1-20-29(43-30(32-20)33-21(2)37)44(38,39)34-22-7-5-8-23(17-22)42-26-9-10-31-25-19-28(27(40-4)18-24(25)26)41-16-6-11-36-14-12-35(3)13-15-36/h5,7-10,17-19,34H,6,11-16H2,1-4H3,(H,32,33,37). The van der Waals surface area contributed by atoms with Crippen molar-refractivity contribution in [1.82, 2.24) is 19.8 Å². The van der Waals surface area contributed by atoms with Crippen molar-refractivity contribution < 1.29 is 27.4 Å². The molecule has 0 spiro atoms. The number of piperazine rings is 1. The van der Waals surface area contributed by atoms with Crippen molar-refractivity contribution >= 4 is 49.0 Å². The molecule has 1 saturated heterocycles. The summed E-state index contributed by atoms with van der Waals surface area (Å²) in [6.45, 7) is 8.77. The first-order valence-electron chi connectivity index (χ1n) is 14.2. The van der Waals surface area contributed by atoms with Crippen LogP contribution in [0.5, 0.6) is 23.0 Å². The zero-order valence-electron chi connectivity index (χ0n) is 25.1. The summed E-state index contributed by atoms with van der Waals surface area (Å²) in [6.07, 6.45) is 2.55. The Balaban J connectivity index is 1.28. The number of pyridine rings is 1. The molecule has 44 heavy (non-hydrogen) atoms. The molecule has 1 aliphatic rings. The molecule has 1 amide bonds. The monoisotopic (exact) mass is 640 g/mol. The number of nitrogens with zero attached hydrogens (tertiary/aromatic N) is 4. The first-order valence-corrected chi connectivity index (χ1v) is 16.5. The normalized spacial score (nSPS) is 14.4. The number of ether oxygens (including phenoxy) is 3. The van der Waals surface area contributed by atoms with Crippen molar-refractivity contribution in [2.45, 2.75) is 24.5 Å². The summed E-state index contributed by atoms with van der Waals surface area (Å²) in [5, 5.41) is 3.45.